The number of carbonyl (C=O) groups excluding carboxylic acids is 1. The molecular formula is C22H27N5O3S. The molecule has 164 valence electrons. The van der Waals surface area contributed by atoms with Gasteiger partial charge in [-0.15, -0.1) is 11.3 Å². The molecule has 4 rings (SSSR count). The van der Waals surface area contributed by atoms with E-state index >= 15 is 0 Å². The van der Waals surface area contributed by atoms with Gasteiger partial charge in [-0.05, 0) is 31.2 Å². The Morgan fingerprint density at radius 2 is 2.16 bits per heavy atom. The van der Waals surface area contributed by atoms with Crippen LogP contribution >= 0.6 is 11.3 Å². The quantitative estimate of drug-likeness (QED) is 0.656. The monoisotopic (exact) mass is 441 g/mol. The van der Waals surface area contributed by atoms with Crippen LogP contribution in [0.15, 0.2) is 27.2 Å². The first-order valence-electron chi connectivity index (χ1n) is 10.8. The highest BCUT2D eigenvalue weighted by molar-refractivity contribution is 7.09. The average Bonchev–Trinajstić information content (AvgIpc) is 3.30. The number of hydrogen-bond donors (Lipinski definition) is 1. The maximum atomic E-state index is 13.7. The average molecular weight is 442 g/mol. The number of carbonyl (C=O) groups is 1. The van der Waals surface area contributed by atoms with Crippen LogP contribution in [-0.2, 0) is 6.54 Å². The molecule has 31 heavy (non-hydrogen) atoms. The van der Waals surface area contributed by atoms with E-state index in [-0.39, 0.29) is 23.1 Å². The van der Waals surface area contributed by atoms with Gasteiger partial charge in [-0.1, -0.05) is 20.8 Å². The molecule has 1 aliphatic rings. The predicted octanol–water partition coefficient (Wildman–Crippen LogP) is 3.09. The molecule has 8 nitrogen and oxygen atoms in total. The third-order valence-electron chi connectivity index (χ3n) is 5.75. The Labute approximate surface area is 184 Å². The molecule has 9 heteroatoms. The number of rotatable bonds is 5. The number of nitrogens with one attached hydrogen (secondary N) is 1. The minimum Gasteiger partial charge on any atom is -0.338 e. The van der Waals surface area contributed by atoms with Gasteiger partial charge in [0, 0.05) is 42.8 Å². The second kappa shape index (κ2) is 8.74. The van der Waals surface area contributed by atoms with Crippen molar-refractivity contribution in [3.8, 4) is 0 Å². The Balaban J connectivity index is 1.84. The number of piperidine rings is 1. The van der Waals surface area contributed by atoms with E-state index in [0.717, 1.165) is 17.8 Å². The lowest BCUT2D eigenvalue weighted by atomic mass is 9.97. The Morgan fingerprint density at radius 1 is 1.35 bits per heavy atom. The van der Waals surface area contributed by atoms with Crippen molar-refractivity contribution in [2.45, 2.75) is 58.4 Å². The second-order valence-electron chi connectivity index (χ2n) is 8.32. The van der Waals surface area contributed by atoms with Gasteiger partial charge in [-0.3, -0.25) is 19.1 Å². The lowest BCUT2D eigenvalue weighted by Gasteiger charge is -2.32. The van der Waals surface area contributed by atoms with Gasteiger partial charge in [0.2, 0.25) is 0 Å². The van der Waals surface area contributed by atoms with Gasteiger partial charge in [0.15, 0.2) is 5.65 Å². The molecule has 0 aliphatic carbocycles. The molecule has 0 aromatic carbocycles. The number of aromatic nitrogens is 4. The van der Waals surface area contributed by atoms with E-state index < -0.39 is 11.2 Å². The van der Waals surface area contributed by atoms with E-state index in [1.54, 1.807) is 23.6 Å². The molecule has 1 amide bonds. The number of aryl methyl sites for hydroxylation is 1. The van der Waals surface area contributed by atoms with Crippen molar-refractivity contribution in [1.82, 2.24) is 24.4 Å². The van der Waals surface area contributed by atoms with Crippen molar-refractivity contribution in [3.63, 3.8) is 0 Å². The van der Waals surface area contributed by atoms with Gasteiger partial charge in [-0.2, -0.15) is 0 Å². The first-order valence-corrected chi connectivity index (χ1v) is 11.6. The number of thiazole rings is 1. The summed E-state index contributed by atoms with van der Waals surface area (Å²) in [6.45, 7) is 7.54. The molecule has 3 aromatic rings. The normalized spacial score (nSPS) is 16.9. The number of hydrogen-bond acceptors (Lipinski definition) is 6. The van der Waals surface area contributed by atoms with E-state index in [9.17, 15) is 14.4 Å². The van der Waals surface area contributed by atoms with Crippen LogP contribution in [0.25, 0.3) is 11.0 Å². The number of pyridine rings is 1. The van der Waals surface area contributed by atoms with Crippen LogP contribution in [0.4, 0.5) is 0 Å². The van der Waals surface area contributed by atoms with Gasteiger partial charge < -0.3 is 4.90 Å². The maximum absolute atomic E-state index is 13.7. The molecule has 1 saturated heterocycles. The fourth-order valence-electron chi connectivity index (χ4n) is 4.16. The van der Waals surface area contributed by atoms with Crippen LogP contribution in [0.3, 0.4) is 0 Å². The first kappa shape index (κ1) is 21.4. The standard InChI is InChI=1S/C22H27N5O3S/c1-4-8-27-18-17(19(28)25-22(27)30)15(11-16(24-18)13(2)3)21(29)26-9-5-6-14(12-26)20-23-7-10-31-20/h7,10-11,13-14H,4-6,8-9,12H2,1-3H3,(H,25,28,30). The van der Waals surface area contributed by atoms with Crippen LogP contribution in [0.5, 0.6) is 0 Å². The first-order chi connectivity index (χ1) is 14.9. The maximum Gasteiger partial charge on any atom is 0.329 e. The summed E-state index contributed by atoms with van der Waals surface area (Å²) in [5, 5.41) is 3.18. The van der Waals surface area contributed by atoms with Crippen molar-refractivity contribution in [2.75, 3.05) is 13.1 Å². The van der Waals surface area contributed by atoms with Gasteiger partial charge in [0.1, 0.15) is 0 Å². The van der Waals surface area contributed by atoms with Crippen molar-refractivity contribution >= 4 is 28.3 Å². The summed E-state index contributed by atoms with van der Waals surface area (Å²) in [6, 6.07) is 1.72. The minimum absolute atomic E-state index is 0.0461. The third-order valence-corrected chi connectivity index (χ3v) is 6.68. The summed E-state index contributed by atoms with van der Waals surface area (Å²) in [5.41, 5.74) is 0.248. The number of nitrogens with zero attached hydrogens (tertiary/aromatic N) is 4. The van der Waals surface area contributed by atoms with Crippen LogP contribution in [0, 0.1) is 0 Å². The third kappa shape index (κ3) is 4.06. The molecule has 1 N–H and O–H groups in total. The minimum atomic E-state index is -0.563. The lowest BCUT2D eigenvalue weighted by Crippen LogP contribution is -2.40. The Morgan fingerprint density at radius 3 is 2.84 bits per heavy atom. The zero-order valence-corrected chi connectivity index (χ0v) is 18.9. The van der Waals surface area contributed by atoms with E-state index in [1.807, 2.05) is 31.1 Å². The molecule has 1 unspecified atom stereocenters. The molecule has 3 aromatic heterocycles. The molecule has 0 spiro atoms. The van der Waals surface area contributed by atoms with Crippen molar-refractivity contribution < 1.29 is 4.79 Å². The Kier molecular flexibility index (Phi) is 6.04. The number of fused-ring (bicyclic) bond motifs is 1. The summed E-state index contributed by atoms with van der Waals surface area (Å²) >= 11 is 1.61. The summed E-state index contributed by atoms with van der Waals surface area (Å²) in [5.74, 6) is 0.0551. The number of amides is 1. The van der Waals surface area contributed by atoms with E-state index in [0.29, 0.717) is 43.0 Å². The lowest BCUT2D eigenvalue weighted by molar-refractivity contribution is 0.0708. The molecule has 1 fully saturated rings. The number of H-pyrrole nitrogens is 1. The van der Waals surface area contributed by atoms with E-state index in [4.69, 9.17) is 0 Å². The second-order valence-corrected chi connectivity index (χ2v) is 9.25. The summed E-state index contributed by atoms with van der Waals surface area (Å²) in [6.07, 6.45) is 4.37. The molecule has 0 radical (unpaired) electrons. The fourth-order valence-corrected chi connectivity index (χ4v) is 4.93. The SMILES string of the molecule is CCCn1c(=O)[nH]c(=O)c2c(C(=O)N3CCCC(c4nccs4)C3)cc(C(C)C)nc21. The van der Waals surface area contributed by atoms with E-state index in [1.165, 1.54) is 4.57 Å². The smallest absolute Gasteiger partial charge is 0.329 e. The molecule has 0 saturated carbocycles. The molecule has 4 heterocycles. The number of likely N-dealkylation sites (tertiary alicyclic amines) is 1. The van der Waals surface area contributed by atoms with Gasteiger partial charge >= 0.3 is 5.69 Å². The molecule has 1 atom stereocenters. The highest BCUT2D eigenvalue weighted by atomic mass is 32.1. The predicted molar refractivity (Wildman–Crippen MR) is 121 cm³/mol. The summed E-state index contributed by atoms with van der Waals surface area (Å²) in [7, 11) is 0. The largest absolute Gasteiger partial charge is 0.338 e. The molecule has 0 bridgehead atoms. The Hall–Kier alpha value is -2.81. The number of aromatic amines is 1. The van der Waals surface area contributed by atoms with E-state index in [2.05, 4.69) is 15.0 Å². The molecule has 1 aliphatic heterocycles. The summed E-state index contributed by atoms with van der Waals surface area (Å²) < 4.78 is 1.47. The topological polar surface area (TPSA) is 101 Å². The van der Waals surface area contributed by atoms with Crippen LogP contribution in [0.2, 0.25) is 0 Å². The zero-order chi connectivity index (χ0) is 22.1. The van der Waals surface area contributed by atoms with Crippen molar-refractivity contribution in [2.24, 2.45) is 0 Å². The van der Waals surface area contributed by atoms with Crippen LogP contribution in [-0.4, -0.2) is 43.4 Å². The highest BCUT2D eigenvalue weighted by Crippen LogP contribution is 2.30. The van der Waals surface area contributed by atoms with Crippen molar-refractivity contribution in [1.29, 1.82) is 0 Å². The van der Waals surface area contributed by atoms with Crippen LogP contribution in [0.1, 0.15) is 72.9 Å². The van der Waals surface area contributed by atoms with Crippen molar-refractivity contribution in [3.05, 3.63) is 54.7 Å². The zero-order valence-electron chi connectivity index (χ0n) is 18.1. The van der Waals surface area contributed by atoms with Crippen LogP contribution < -0.4 is 11.2 Å². The fraction of sp³-hybridized carbons (Fsp3) is 0.500. The van der Waals surface area contributed by atoms with Gasteiger partial charge in [-0.25, -0.2) is 14.8 Å². The summed E-state index contributed by atoms with van der Waals surface area (Å²) in [4.78, 5) is 52.1. The van der Waals surface area contributed by atoms with Gasteiger partial charge in [0.25, 0.3) is 11.5 Å². The highest BCUT2D eigenvalue weighted by Gasteiger charge is 2.29. The van der Waals surface area contributed by atoms with Gasteiger partial charge in [0.05, 0.1) is 16.0 Å². The molecular weight excluding hydrogens is 414 g/mol. The Bertz CT molecular complexity index is 1210.